The number of aromatic amines is 1. The van der Waals surface area contributed by atoms with Crippen LogP contribution in [0.1, 0.15) is 36.6 Å². The molecular weight excluding hydrogens is 240 g/mol. The van der Waals surface area contributed by atoms with Crippen LogP contribution < -0.4 is 0 Å². The second-order valence-corrected chi connectivity index (χ2v) is 6.00. The zero-order valence-corrected chi connectivity index (χ0v) is 11.3. The first kappa shape index (κ1) is 11.9. The molecule has 4 heteroatoms. The monoisotopic (exact) mass is 262 g/mol. The lowest BCUT2D eigenvalue weighted by atomic mass is 10.2. The predicted molar refractivity (Wildman–Crippen MR) is 72.1 cm³/mol. The number of H-pyrrole nitrogens is 1. The number of fused-ring (bicyclic) bond motifs is 1. The summed E-state index contributed by atoms with van der Waals surface area (Å²) in [6, 6.07) is 2.83. The van der Waals surface area contributed by atoms with E-state index in [9.17, 15) is 0 Å². The number of ether oxygens (including phenoxy) is 2. The van der Waals surface area contributed by atoms with E-state index in [2.05, 4.69) is 16.0 Å². The van der Waals surface area contributed by atoms with Crippen molar-refractivity contribution in [2.45, 2.75) is 43.9 Å². The average Bonchev–Trinajstić information content (AvgIpc) is 3.15. The van der Waals surface area contributed by atoms with Crippen molar-refractivity contribution in [2.75, 3.05) is 26.3 Å². The second kappa shape index (κ2) is 4.93. The largest absolute Gasteiger partial charge is 0.380 e. The van der Waals surface area contributed by atoms with Crippen molar-refractivity contribution in [3.8, 4) is 0 Å². The fraction of sp³-hybridized carbons (Fsp3) is 0.733. The van der Waals surface area contributed by atoms with Gasteiger partial charge in [-0.25, -0.2) is 0 Å². The summed E-state index contributed by atoms with van der Waals surface area (Å²) in [5, 5.41) is 0. The zero-order chi connectivity index (χ0) is 12.7. The molecule has 3 heterocycles. The Hall–Kier alpha value is -0.840. The molecule has 0 spiro atoms. The number of nitrogens with one attached hydrogen (secondary N) is 1. The van der Waals surface area contributed by atoms with Crippen LogP contribution in [0.25, 0.3) is 0 Å². The van der Waals surface area contributed by atoms with Crippen LogP contribution in [0.4, 0.5) is 0 Å². The Morgan fingerprint density at radius 1 is 1.32 bits per heavy atom. The summed E-state index contributed by atoms with van der Waals surface area (Å²) in [6.45, 7) is 4.10. The molecule has 1 aromatic heterocycles. The molecule has 2 unspecified atom stereocenters. The van der Waals surface area contributed by atoms with Gasteiger partial charge >= 0.3 is 0 Å². The van der Waals surface area contributed by atoms with Gasteiger partial charge in [0.25, 0.3) is 0 Å². The highest BCUT2D eigenvalue weighted by molar-refractivity contribution is 5.27. The summed E-state index contributed by atoms with van der Waals surface area (Å²) in [5.74, 6) is 0. The SMILES string of the molecule is c1cc2c([nH]1)C(O[C@@H]1CCN(C3CCOC3)C1)CC2. The summed E-state index contributed by atoms with van der Waals surface area (Å²) >= 11 is 0. The van der Waals surface area contributed by atoms with Crippen molar-refractivity contribution in [1.82, 2.24) is 9.88 Å². The van der Waals surface area contributed by atoms with Crippen molar-refractivity contribution < 1.29 is 9.47 Å². The Balaban J connectivity index is 1.35. The highest BCUT2D eigenvalue weighted by atomic mass is 16.5. The Morgan fingerprint density at radius 2 is 2.32 bits per heavy atom. The number of nitrogens with zero attached hydrogens (tertiary/aromatic N) is 1. The van der Waals surface area contributed by atoms with Crippen LogP contribution in [0.15, 0.2) is 12.3 Å². The standard InChI is InChI=1S/C15H22N2O2/c1-2-14(15-11(1)3-6-16-15)19-13-4-7-17(9-13)12-5-8-18-10-12/h3,6,12-14,16H,1-2,4-5,7-10H2/t12?,13-,14?/m1/s1. The molecule has 3 aliphatic rings. The molecule has 0 bridgehead atoms. The third-order valence-electron chi connectivity index (χ3n) is 4.82. The van der Waals surface area contributed by atoms with Gasteiger partial charge in [0.15, 0.2) is 0 Å². The third-order valence-corrected chi connectivity index (χ3v) is 4.82. The number of hydrogen-bond donors (Lipinski definition) is 1. The lowest BCUT2D eigenvalue weighted by molar-refractivity contribution is -0.0106. The van der Waals surface area contributed by atoms with Crippen LogP contribution in [-0.2, 0) is 15.9 Å². The molecule has 1 N–H and O–H groups in total. The molecule has 2 fully saturated rings. The lowest BCUT2D eigenvalue weighted by Crippen LogP contribution is -2.34. The highest BCUT2D eigenvalue weighted by Crippen LogP contribution is 2.35. The number of likely N-dealkylation sites (tertiary alicyclic amines) is 1. The number of rotatable bonds is 3. The van der Waals surface area contributed by atoms with Gasteiger partial charge in [0, 0.05) is 37.6 Å². The van der Waals surface area contributed by atoms with Gasteiger partial charge in [-0.1, -0.05) is 0 Å². The molecule has 0 amide bonds. The van der Waals surface area contributed by atoms with Crippen LogP contribution in [0.5, 0.6) is 0 Å². The van der Waals surface area contributed by atoms with Crippen molar-refractivity contribution in [3.63, 3.8) is 0 Å². The molecule has 19 heavy (non-hydrogen) atoms. The molecule has 104 valence electrons. The van der Waals surface area contributed by atoms with Crippen LogP contribution in [0.3, 0.4) is 0 Å². The van der Waals surface area contributed by atoms with Gasteiger partial charge in [0.1, 0.15) is 0 Å². The van der Waals surface area contributed by atoms with E-state index in [1.54, 1.807) is 0 Å². The smallest absolute Gasteiger partial charge is 0.0982 e. The van der Waals surface area contributed by atoms with E-state index < -0.39 is 0 Å². The Labute approximate surface area is 114 Å². The predicted octanol–water partition coefficient (Wildman–Crippen LogP) is 1.88. The summed E-state index contributed by atoms with van der Waals surface area (Å²) in [6.07, 6.45) is 7.41. The quantitative estimate of drug-likeness (QED) is 0.904. The maximum Gasteiger partial charge on any atom is 0.0982 e. The van der Waals surface area contributed by atoms with E-state index in [-0.39, 0.29) is 0 Å². The van der Waals surface area contributed by atoms with Gasteiger partial charge in [-0.05, 0) is 37.3 Å². The maximum atomic E-state index is 6.33. The fourth-order valence-electron chi connectivity index (χ4n) is 3.74. The van der Waals surface area contributed by atoms with Gasteiger partial charge in [-0.15, -0.1) is 0 Å². The first-order valence-corrected chi connectivity index (χ1v) is 7.53. The Kier molecular flexibility index (Phi) is 3.10. The number of aryl methyl sites for hydroxylation is 1. The van der Waals surface area contributed by atoms with E-state index in [1.165, 1.54) is 30.6 Å². The van der Waals surface area contributed by atoms with Gasteiger partial charge < -0.3 is 14.5 Å². The second-order valence-electron chi connectivity index (χ2n) is 6.00. The molecule has 0 radical (unpaired) electrons. The normalized spacial score (nSPS) is 35.1. The zero-order valence-electron chi connectivity index (χ0n) is 11.3. The lowest BCUT2D eigenvalue weighted by Gasteiger charge is -2.23. The van der Waals surface area contributed by atoms with Crippen molar-refractivity contribution in [3.05, 3.63) is 23.5 Å². The number of hydrogen-bond acceptors (Lipinski definition) is 3. The van der Waals surface area contributed by atoms with E-state index in [1.807, 2.05) is 6.20 Å². The molecule has 0 saturated carbocycles. The molecule has 1 aromatic rings. The minimum absolute atomic E-state index is 0.301. The molecule has 2 aliphatic heterocycles. The van der Waals surface area contributed by atoms with Gasteiger partial charge in [-0.2, -0.15) is 0 Å². The minimum Gasteiger partial charge on any atom is -0.380 e. The van der Waals surface area contributed by atoms with Crippen LogP contribution >= 0.6 is 0 Å². The summed E-state index contributed by atoms with van der Waals surface area (Å²) in [7, 11) is 0. The van der Waals surface area contributed by atoms with Crippen LogP contribution in [0.2, 0.25) is 0 Å². The average molecular weight is 262 g/mol. The fourth-order valence-corrected chi connectivity index (χ4v) is 3.74. The summed E-state index contributed by atoms with van der Waals surface area (Å²) < 4.78 is 11.8. The molecule has 4 nitrogen and oxygen atoms in total. The summed E-state index contributed by atoms with van der Waals surface area (Å²) in [4.78, 5) is 5.91. The first-order valence-electron chi connectivity index (χ1n) is 7.53. The maximum absolute atomic E-state index is 6.33. The first-order chi connectivity index (χ1) is 9.40. The number of aromatic nitrogens is 1. The topological polar surface area (TPSA) is 37.5 Å². The van der Waals surface area contributed by atoms with Crippen LogP contribution in [0, 0.1) is 0 Å². The Morgan fingerprint density at radius 3 is 3.21 bits per heavy atom. The molecule has 2 saturated heterocycles. The van der Waals surface area contributed by atoms with Gasteiger partial charge in [0.2, 0.25) is 0 Å². The van der Waals surface area contributed by atoms with E-state index in [0.717, 1.165) is 32.6 Å². The third kappa shape index (κ3) is 2.22. The molecule has 1 aliphatic carbocycles. The molecule has 4 rings (SSSR count). The van der Waals surface area contributed by atoms with Crippen molar-refractivity contribution in [1.29, 1.82) is 0 Å². The van der Waals surface area contributed by atoms with Crippen molar-refractivity contribution >= 4 is 0 Å². The van der Waals surface area contributed by atoms with Crippen LogP contribution in [-0.4, -0.2) is 48.3 Å². The summed E-state index contributed by atoms with van der Waals surface area (Å²) in [5.41, 5.74) is 2.77. The van der Waals surface area contributed by atoms with Gasteiger partial charge in [0.05, 0.1) is 18.8 Å². The molecule has 0 aromatic carbocycles. The minimum atomic E-state index is 0.301. The molecular formula is C15H22N2O2. The van der Waals surface area contributed by atoms with E-state index >= 15 is 0 Å². The van der Waals surface area contributed by atoms with E-state index in [0.29, 0.717) is 18.2 Å². The van der Waals surface area contributed by atoms with Gasteiger partial charge in [-0.3, -0.25) is 4.90 Å². The highest BCUT2D eigenvalue weighted by Gasteiger charge is 2.34. The van der Waals surface area contributed by atoms with Crippen molar-refractivity contribution in [2.24, 2.45) is 0 Å². The molecule has 3 atom stereocenters. The van der Waals surface area contributed by atoms with E-state index in [4.69, 9.17) is 9.47 Å². The Bertz CT molecular complexity index is 439.